The summed E-state index contributed by atoms with van der Waals surface area (Å²) in [4.78, 5) is 16.7. The second-order valence-electron chi connectivity index (χ2n) is 6.22. The largest absolute Gasteiger partial charge is 0.369 e. The highest BCUT2D eigenvalue weighted by Crippen LogP contribution is 2.23. The topological polar surface area (TPSA) is 65.2 Å². The minimum Gasteiger partial charge on any atom is -0.369 e. The average molecular weight is 323 g/mol. The molecule has 2 aromatic rings. The molecule has 1 fully saturated rings. The number of amides is 1. The molecule has 24 heavy (non-hydrogen) atoms. The molecule has 1 aromatic heterocycles. The van der Waals surface area contributed by atoms with Crippen LogP contribution in [0.25, 0.3) is 0 Å². The summed E-state index contributed by atoms with van der Waals surface area (Å²) in [5.41, 5.74) is 2.38. The van der Waals surface area contributed by atoms with Crippen LogP contribution in [0.15, 0.2) is 36.7 Å². The number of carbonyl (C=O) groups is 1. The van der Waals surface area contributed by atoms with Crippen LogP contribution in [-0.2, 0) is 7.05 Å². The second kappa shape index (κ2) is 6.75. The van der Waals surface area contributed by atoms with Crippen molar-refractivity contribution in [3.05, 3.63) is 47.8 Å². The van der Waals surface area contributed by atoms with Gasteiger partial charge in [0.15, 0.2) is 0 Å². The van der Waals surface area contributed by atoms with Gasteiger partial charge in [-0.05, 0) is 37.1 Å². The van der Waals surface area contributed by atoms with Crippen LogP contribution in [0.2, 0.25) is 0 Å². The Hall–Kier alpha value is -2.81. The predicted octanol–water partition coefficient (Wildman–Crippen LogP) is 2.03. The Morgan fingerprint density at radius 1 is 1.38 bits per heavy atom. The van der Waals surface area contributed by atoms with Gasteiger partial charge in [0.25, 0.3) is 5.91 Å². The van der Waals surface area contributed by atoms with Gasteiger partial charge >= 0.3 is 0 Å². The molecule has 3 rings (SSSR count). The van der Waals surface area contributed by atoms with Crippen LogP contribution in [-0.4, -0.2) is 46.8 Å². The predicted molar refractivity (Wildman–Crippen MR) is 91.7 cm³/mol. The van der Waals surface area contributed by atoms with E-state index in [9.17, 15) is 4.79 Å². The fourth-order valence-corrected chi connectivity index (χ4v) is 3.15. The summed E-state index contributed by atoms with van der Waals surface area (Å²) in [6.45, 7) is 1.77. The van der Waals surface area contributed by atoms with Gasteiger partial charge in [-0.1, -0.05) is 0 Å². The van der Waals surface area contributed by atoms with E-state index in [0.717, 1.165) is 31.6 Å². The van der Waals surface area contributed by atoms with Gasteiger partial charge in [-0.3, -0.25) is 9.48 Å². The Balaban J connectivity index is 1.70. The number of aryl methyl sites for hydroxylation is 1. The van der Waals surface area contributed by atoms with Gasteiger partial charge in [0.1, 0.15) is 0 Å². The molecule has 6 heteroatoms. The number of aromatic nitrogens is 2. The molecule has 0 spiro atoms. The van der Waals surface area contributed by atoms with E-state index in [0.29, 0.717) is 11.1 Å². The highest BCUT2D eigenvalue weighted by atomic mass is 16.2. The molecule has 2 heterocycles. The zero-order chi connectivity index (χ0) is 17.1. The molecule has 0 radical (unpaired) electrons. The lowest BCUT2D eigenvalue weighted by atomic mass is 10.0. The highest BCUT2D eigenvalue weighted by Gasteiger charge is 2.27. The molecule has 0 bridgehead atoms. The Kier molecular flexibility index (Phi) is 4.52. The number of hydrogen-bond donors (Lipinski definition) is 0. The fourth-order valence-electron chi connectivity index (χ4n) is 3.15. The SMILES string of the molecule is CN(C(=O)c1cnn(C)c1)C1CCCN(c2ccc(C#N)cc2)C1. The third kappa shape index (κ3) is 3.25. The van der Waals surface area contributed by atoms with E-state index in [2.05, 4.69) is 16.1 Å². The van der Waals surface area contributed by atoms with Crippen LogP contribution in [0.5, 0.6) is 0 Å². The molecular formula is C18H21N5O. The van der Waals surface area contributed by atoms with Crippen molar-refractivity contribution in [1.29, 1.82) is 5.26 Å². The summed E-state index contributed by atoms with van der Waals surface area (Å²) in [7, 11) is 3.67. The van der Waals surface area contributed by atoms with Crippen molar-refractivity contribution in [3.8, 4) is 6.07 Å². The molecule has 6 nitrogen and oxygen atoms in total. The number of nitrogens with zero attached hydrogens (tertiary/aromatic N) is 5. The number of benzene rings is 1. The van der Waals surface area contributed by atoms with E-state index < -0.39 is 0 Å². The molecule has 1 aliphatic heterocycles. The Bertz CT molecular complexity index is 758. The maximum atomic E-state index is 12.6. The van der Waals surface area contributed by atoms with E-state index in [1.54, 1.807) is 17.1 Å². The molecule has 0 aliphatic carbocycles. The third-order valence-corrected chi connectivity index (χ3v) is 4.58. The summed E-state index contributed by atoms with van der Waals surface area (Å²) in [5.74, 6) is 0.00905. The van der Waals surface area contributed by atoms with Gasteiger partial charge in [-0.2, -0.15) is 10.4 Å². The molecule has 124 valence electrons. The smallest absolute Gasteiger partial charge is 0.257 e. The second-order valence-corrected chi connectivity index (χ2v) is 6.22. The number of carbonyl (C=O) groups excluding carboxylic acids is 1. The van der Waals surface area contributed by atoms with Crippen molar-refractivity contribution >= 4 is 11.6 Å². The number of piperidine rings is 1. The van der Waals surface area contributed by atoms with Crippen molar-refractivity contribution in [2.75, 3.05) is 25.0 Å². The number of rotatable bonds is 3. The first-order valence-electron chi connectivity index (χ1n) is 8.09. The van der Waals surface area contributed by atoms with Crippen LogP contribution in [0.4, 0.5) is 5.69 Å². The molecule has 1 aliphatic rings. The van der Waals surface area contributed by atoms with Crippen LogP contribution in [0.1, 0.15) is 28.8 Å². The van der Waals surface area contributed by atoms with Crippen LogP contribution < -0.4 is 4.90 Å². The van der Waals surface area contributed by atoms with Gasteiger partial charge in [0.2, 0.25) is 0 Å². The maximum absolute atomic E-state index is 12.6. The molecule has 1 aromatic carbocycles. The van der Waals surface area contributed by atoms with E-state index in [1.807, 2.05) is 43.3 Å². The Morgan fingerprint density at radius 3 is 2.75 bits per heavy atom. The number of likely N-dealkylation sites (N-methyl/N-ethyl adjacent to an activating group) is 1. The van der Waals surface area contributed by atoms with Gasteiger partial charge in [0.05, 0.1) is 23.4 Å². The Morgan fingerprint density at radius 2 is 2.12 bits per heavy atom. The number of hydrogen-bond acceptors (Lipinski definition) is 4. The zero-order valence-electron chi connectivity index (χ0n) is 14.0. The third-order valence-electron chi connectivity index (χ3n) is 4.58. The Labute approximate surface area is 141 Å². The normalized spacial score (nSPS) is 17.4. The summed E-state index contributed by atoms with van der Waals surface area (Å²) < 4.78 is 1.64. The molecule has 0 saturated carbocycles. The lowest BCUT2D eigenvalue weighted by Crippen LogP contribution is -2.48. The summed E-state index contributed by atoms with van der Waals surface area (Å²) in [6.07, 6.45) is 5.39. The number of nitriles is 1. The molecular weight excluding hydrogens is 302 g/mol. The number of anilines is 1. The molecule has 0 N–H and O–H groups in total. The van der Waals surface area contributed by atoms with Crippen molar-refractivity contribution in [3.63, 3.8) is 0 Å². The van der Waals surface area contributed by atoms with Crippen molar-refractivity contribution in [2.24, 2.45) is 7.05 Å². The molecule has 1 amide bonds. The van der Waals surface area contributed by atoms with Crippen molar-refractivity contribution in [2.45, 2.75) is 18.9 Å². The van der Waals surface area contributed by atoms with E-state index >= 15 is 0 Å². The zero-order valence-corrected chi connectivity index (χ0v) is 14.0. The van der Waals surface area contributed by atoms with Crippen LogP contribution in [0.3, 0.4) is 0 Å². The van der Waals surface area contributed by atoms with Crippen LogP contribution in [0, 0.1) is 11.3 Å². The summed E-state index contributed by atoms with van der Waals surface area (Å²) >= 11 is 0. The quantitative estimate of drug-likeness (QED) is 0.867. The average Bonchev–Trinajstić information content (AvgIpc) is 3.07. The fraction of sp³-hybridized carbons (Fsp3) is 0.389. The lowest BCUT2D eigenvalue weighted by Gasteiger charge is -2.38. The lowest BCUT2D eigenvalue weighted by molar-refractivity contribution is 0.0717. The van der Waals surface area contributed by atoms with E-state index in [1.165, 1.54) is 0 Å². The minimum atomic E-state index is 0.00905. The van der Waals surface area contributed by atoms with Crippen molar-refractivity contribution in [1.82, 2.24) is 14.7 Å². The van der Waals surface area contributed by atoms with Crippen LogP contribution >= 0.6 is 0 Å². The standard InChI is InChI=1S/C18H21N5O/c1-21-12-15(11-20-21)18(24)22(2)17-4-3-9-23(13-17)16-7-5-14(10-19)6-8-16/h5-8,11-12,17H,3-4,9,13H2,1-2H3. The van der Waals surface area contributed by atoms with Crippen molar-refractivity contribution < 1.29 is 4.79 Å². The van der Waals surface area contributed by atoms with E-state index in [-0.39, 0.29) is 11.9 Å². The van der Waals surface area contributed by atoms with E-state index in [4.69, 9.17) is 5.26 Å². The molecule has 1 saturated heterocycles. The minimum absolute atomic E-state index is 0.00905. The first-order chi connectivity index (χ1) is 11.6. The van der Waals surface area contributed by atoms with Gasteiger partial charge in [0, 0.05) is 45.1 Å². The maximum Gasteiger partial charge on any atom is 0.257 e. The molecule has 1 unspecified atom stereocenters. The monoisotopic (exact) mass is 323 g/mol. The first-order valence-corrected chi connectivity index (χ1v) is 8.09. The molecule has 1 atom stereocenters. The summed E-state index contributed by atoms with van der Waals surface area (Å²) in [5, 5.41) is 13.0. The highest BCUT2D eigenvalue weighted by molar-refractivity contribution is 5.93. The van der Waals surface area contributed by atoms with Gasteiger partial charge in [-0.15, -0.1) is 0 Å². The first kappa shape index (κ1) is 16.1. The van der Waals surface area contributed by atoms with Gasteiger partial charge in [-0.25, -0.2) is 0 Å². The van der Waals surface area contributed by atoms with Gasteiger partial charge < -0.3 is 9.80 Å². The summed E-state index contributed by atoms with van der Waals surface area (Å²) in [6, 6.07) is 9.93.